The summed E-state index contributed by atoms with van der Waals surface area (Å²) in [6.45, 7) is 0. The van der Waals surface area contributed by atoms with Crippen LogP contribution in [-0.4, -0.2) is 25.8 Å². The molecule has 0 saturated heterocycles. The van der Waals surface area contributed by atoms with E-state index in [9.17, 15) is 4.79 Å². The first kappa shape index (κ1) is 11.9. The van der Waals surface area contributed by atoms with Gasteiger partial charge < -0.3 is 9.40 Å². The van der Waals surface area contributed by atoms with E-state index in [4.69, 9.17) is 27.6 Å². The predicted molar refractivity (Wildman–Crippen MR) is 68.4 cm³/mol. The number of nitrogens with zero attached hydrogens (tertiary/aromatic N) is 3. The van der Waals surface area contributed by atoms with Crippen LogP contribution in [0.3, 0.4) is 0 Å². The molecule has 3 rings (SSSR count). The normalized spacial score (nSPS) is 10.8. The van der Waals surface area contributed by atoms with E-state index in [-0.39, 0.29) is 22.1 Å². The van der Waals surface area contributed by atoms with Gasteiger partial charge in [-0.05, 0) is 23.7 Å². The third kappa shape index (κ3) is 2.25. The Morgan fingerprint density at radius 1 is 1.32 bits per heavy atom. The zero-order valence-electron chi connectivity index (χ0n) is 9.15. The van der Waals surface area contributed by atoms with Crippen LogP contribution in [0.15, 0.2) is 22.9 Å². The molecule has 96 valence electrons. The summed E-state index contributed by atoms with van der Waals surface area (Å²) in [7, 11) is 0. The first-order valence-corrected chi connectivity index (χ1v) is 5.82. The molecule has 2 N–H and O–H groups in total. The number of amides is 1. The number of carbonyl (C=O) groups is 1. The minimum absolute atomic E-state index is 0.0297. The van der Waals surface area contributed by atoms with Crippen molar-refractivity contribution >= 4 is 46.2 Å². The van der Waals surface area contributed by atoms with Crippen molar-refractivity contribution in [2.75, 3.05) is 5.32 Å². The van der Waals surface area contributed by atoms with Crippen LogP contribution in [0, 0.1) is 0 Å². The summed E-state index contributed by atoms with van der Waals surface area (Å²) in [4.78, 5) is 26.5. The Bertz CT molecular complexity index is 766. The zero-order valence-corrected chi connectivity index (χ0v) is 10.7. The van der Waals surface area contributed by atoms with Crippen molar-refractivity contribution in [3.05, 3.63) is 34.6 Å². The first-order chi connectivity index (χ1) is 9.13. The van der Waals surface area contributed by atoms with Crippen molar-refractivity contribution < 1.29 is 9.21 Å². The molecule has 3 aromatic heterocycles. The number of hydrogen-bond donors (Lipinski definition) is 2. The van der Waals surface area contributed by atoms with Crippen LogP contribution in [0.1, 0.15) is 10.6 Å². The number of aromatic nitrogens is 4. The molecule has 0 fully saturated rings. The molecular weight excluding hydrogens is 293 g/mol. The minimum atomic E-state index is -0.530. The molecule has 0 spiro atoms. The van der Waals surface area contributed by atoms with Gasteiger partial charge in [0.2, 0.25) is 5.95 Å². The van der Waals surface area contributed by atoms with Crippen LogP contribution in [0.25, 0.3) is 11.2 Å². The third-order valence-corrected chi connectivity index (χ3v) is 2.74. The zero-order chi connectivity index (χ0) is 13.4. The van der Waals surface area contributed by atoms with E-state index in [2.05, 4.69) is 25.3 Å². The van der Waals surface area contributed by atoms with Crippen LogP contribution in [0.4, 0.5) is 5.95 Å². The van der Waals surface area contributed by atoms with Crippen LogP contribution in [0.2, 0.25) is 10.4 Å². The SMILES string of the molecule is O=C(Nc1nc(Cl)c2[nH]cnc2n1)c1ccc(Cl)o1. The molecule has 0 bridgehead atoms. The molecule has 0 aliphatic carbocycles. The van der Waals surface area contributed by atoms with Crippen LogP contribution in [-0.2, 0) is 0 Å². The van der Waals surface area contributed by atoms with Crippen molar-refractivity contribution in [1.82, 2.24) is 19.9 Å². The maximum absolute atomic E-state index is 11.8. The monoisotopic (exact) mass is 297 g/mol. The van der Waals surface area contributed by atoms with Crippen molar-refractivity contribution in [3.63, 3.8) is 0 Å². The second-order valence-electron chi connectivity index (χ2n) is 3.50. The molecule has 7 nitrogen and oxygen atoms in total. The molecule has 0 atom stereocenters. The Balaban J connectivity index is 1.90. The fraction of sp³-hybridized carbons (Fsp3) is 0. The van der Waals surface area contributed by atoms with Crippen molar-refractivity contribution in [2.45, 2.75) is 0 Å². The van der Waals surface area contributed by atoms with Gasteiger partial charge in [0.1, 0.15) is 5.52 Å². The summed E-state index contributed by atoms with van der Waals surface area (Å²) in [5.41, 5.74) is 0.855. The number of nitrogens with one attached hydrogen (secondary N) is 2. The van der Waals surface area contributed by atoms with Crippen LogP contribution in [0.5, 0.6) is 0 Å². The maximum Gasteiger partial charge on any atom is 0.293 e. The lowest BCUT2D eigenvalue weighted by molar-refractivity contribution is 0.0996. The second kappa shape index (κ2) is 4.52. The Labute approximate surface area is 116 Å². The van der Waals surface area contributed by atoms with Crippen LogP contribution < -0.4 is 5.32 Å². The summed E-state index contributed by atoms with van der Waals surface area (Å²) in [6, 6.07) is 2.90. The van der Waals surface area contributed by atoms with E-state index in [1.165, 1.54) is 18.5 Å². The van der Waals surface area contributed by atoms with Crippen molar-refractivity contribution in [2.24, 2.45) is 0 Å². The number of imidazole rings is 1. The van der Waals surface area contributed by atoms with Gasteiger partial charge in [-0.3, -0.25) is 10.1 Å². The van der Waals surface area contributed by atoms with Gasteiger partial charge in [0.05, 0.1) is 6.33 Å². The molecule has 19 heavy (non-hydrogen) atoms. The average molecular weight is 298 g/mol. The quantitative estimate of drug-likeness (QED) is 0.708. The fourth-order valence-electron chi connectivity index (χ4n) is 1.45. The highest BCUT2D eigenvalue weighted by Crippen LogP contribution is 2.19. The summed E-state index contributed by atoms with van der Waals surface area (Å²) in [5, 5.41) is 2.72. The topological polar surface area (TPSA) is 96.7 Å². The van der Waals surface area contributed by atoms with Gasteiger partial charge in [0, 0.05) is 0 Å². The summed E-state index contributed by atoms with van der Waals surface area (Å²) in [5.74, 6) is -0.452. The van der Waals surface area contributed by atoms with E-state index >= 15 is 0 Å². The number of carbonyl (C=O) groups excluding carboxylic acids is 1. The average Bonchev–Trinajstić information content (AvgIpc) is 2.97. The van der Waals surface area contributed by atoms with E-state index in [0.717, 1.165) is 0 Å². The predicted octanol–water partition coefficient (Wildman–Crippen LogP) is 2.51. The molecule has 0 aliphatic rings. The Hall–Kier alpha value is -2.12. The minimum Gasteiger partial charge on any atom is -0.440 e. The largest absolute Gasteiger partial charge is 0.440 e. The van der Waals surface area contributed by atoms with Gasteiger partial charge >= 0.3 is 0 Å². The number of aromatic amines is 1. The van der Waals surface area contributed by atoms with Gasteiger partial charge in [0.15, 0.2) is 21.8 Å². The highest BCUT2D eigenvalue weighted by Gasteiger charge is 2.14. The molecule has 1 amide bonds. The van der Waals surface area contributed by atoms with Gasteiger partial charge in [-0.1, -0.05) is 11.6 Å². The second-order valence-corrected chi connectivity index (χ2v) is 4.23. The summed E-state index contributed by atoms with van der Waals surface area (Å²) in [6.07, 6.45) is 1.43. The molecule has 0 unspecified atom stereocenters. The number of anilines is 1. The van der Waals surface area contributed by atoms with E-state index in [0.29, 0.717) is 11.2 Å². The molecule has 0 radical (unpaired) electrons. The summed E-state index contributed by atoms with van der Waals surface area (Å²) >= 11 is 11.5. The number of fused-ring (bicyclic) bond motifs is 1. The molecular formula is C10H5Cl2N5O2. The highest BCUT2D eigenvalue weighted by molar-refractivity contribution is 6.33. The Kier molecular flexibility index (Phi) is 2.84. The number of rotatable bonds is 2. The molecule has 3 aromatic rings. The van der Waals surface area contributed by atoms with Crippen LogP contribution >= 0.6 is 23.2 Å². The van der Waals surface area contributed by atoms with E-state index < -0.39 is 5.91 Å². The number of hydrogen-bond acceptors (Lipinski definition) is 5. The molecule has 0 aromatic carbocycles. The van der Waals surface area contributed by atoms with Gasteiger partial charge in [0.25, 0.3) is 5.91 Å². The molecule has 0 aliphatic heterocycles. The standard InChI is InChI=1S/C10H5Cl2N5O2/c11-5-2-1-4(19-5)9(18)17-10-15-7(12)6-8(16-10)14-3-13-6/h1-3H,(H2,13,14,15,16,17,18). The lowest BCUT2D eigenvalue weighted by Gasteiger charge is -2.01. The maximum atomic E-state index is 11.8. The Morgan fingerprint density at radius 2 is 2.16 bits per heavy atom. The van der Waals surface area contributed by atoms with Crippen molar-refractivity contribution in [3.8, 4) is 0 Å². The molecule has 9 heteroatoms. The molecule has 0 saturated carbocycles. The highest BCUT2D eigenvalue weighted by atomic mass is 35.5. The lowest BCUT2D eigenvalue weighted by Crippen LogP contribution is -2.13. The molecule has 3 heterocycles. The third-order valence-electron chi connectivity index (χ3n) is 2.26. The van der Waals surface area contributed by atoms with E-state index in [1.54, 1.807) is 0 Å². The van der Waals surface area contributed by atoms with Gasteiger partial charge in [-0.25, -0.2) is 4.98 Å². The fourth-order valence-corrected chi connectivity index (χ4v) is 1.82. The smallest absolute Gasteiger partial charge is 0.293 e. The first-order valence-electron chi connectivity index (χ1n) is 5.07. The van der Waals surface area contributed by atoms with Gasteiger partial charge in [-0.15, -0.1) is 0 Å². The van der Waals surface area contributed by atoms with Gasteiger partial charge in [-0.2, -0.15) is 9.97 Å². The summed E-state index contributed by atoms with van der Waals surface area (Å²) < 4.78 is 4.96. The lowest BCUT2D eigenvalue weighted by atomic mass is 10.4. The number of halogens is 2. The Morgan fingerprint density at radius 3 is 2.89 bits per heavy atom. The van der Waals surface area contributed by atoms with Crippen molar-refractivity contribution in [1.29, 1.82) is 0 Å². The van der Waals surface area contributed by atoms with E-state index in [1.807, 2.05) is 0 Å². The number of H-pyrrole nitrogens is 1. The number of furan rings is 1.